The third-order valence-corrected chi connectivity index (χ3v) is 3.83. The summed E-state index contributed by atoms with van der Waals surface area (Å²) in [5.41, 5.74) is 6.41. The molecule has 1 unspecified atom stereocenters. The molecule has 0 aromatic heterocycles. The lowest BCUT2D eigenvalue weighted by Gasteiger charge is -2.21. The Balaban J connectivity index is 0.00000529. The van der Waals surface area contributed by atoms with E-state index in [0.717, 1.165) is 6.42 Å². The number of nitro benzene ring substituents is 1. The first kappa shape index (κ1) is 22.1. The van der Waals surface area contributed by atoms with Crippen molar-refractivity contribution in [3.63, 3.8) is 0 Å². The van der Waals surface area contributed by atoms with Gasteiger partial charge in [0.25, 0.3) is 5.69 Å². The summed E-state index contributed by atoms with van der Waals surface area (Å²) in [5, 5.41) is 13.9. The molecule has 24 heavy (non-hydrogen) atoms. The Hall–Kier alpha value is -1.86. The van der Waals surface area contributed by atoms with Crippen molar-refractivity contribution in [1.29, 1.82) is 0 Å². The smallest absolute Gasteiger partial charge is 0.292 e. The third-order valence-electron chi connectivity index (χ3n) is 3.83. The first-order valence-electron chi connectivity index (χ1n) is 7.79. The molecule has 0 aliphatic carbocycles. The number of hydrogen-bond donors (Lipinski definition) is 2. The molecule has 0 radical (unpaired) electrons. The van der Waals surface area contributed by atoms with Crippen molar-refractivity contribution in [2.24, 2.45) is 11.7 Å². The van der Waals surface area contributed by atoms with Crippen molar-refractivity contribution < 1.29 is 9.72 Å². The number of nitrogens with zero attached hydrogens (tertiary/aromatic N) is 2. The number of nitro groups is 1. The molecule has 1 atom stereocenters. The molecule has 0 saturated heterocycles. The van der Waals surface area contributed by atoms with Crippen molar-refractivity contribution in [1.82, 2.24) is 4.90 Å². The van der Waals surface area contributed by atoms with Crippen LogP contribution >= 0.6 is 12.4 Å². The van der Waals surface area contributed by atoms with E-state index in [0.29, 0.717) is 24.7 Å². The highest BCUT2D eigenvalue weighted by Crippen LogP contribution is 2.22. The zero-order chi connectivity index (χ0) is 17.4. The number of rotatable bonds is 9. The number of carbonyl (C=O) groups excluding carboxylic acids is 1. The average Bonchev–Trinajstić information content (AvgIpc) is 2.52. The highest BCUT2D eigenvalue weighted by atomic mass is 35.5. The molecule has 1 aromatic rings. The second-order valence-electron chi connectivity index (χ2n) is 5.96. The fourth-order valence-corrected chi connectivity index (χ4v) is 2.08. The highest BCUT2D eigenvalue weighted by Gasteiger charge is 2.14. The van der Waals surface area contributed by atoms with E-state index < -0.39 is 4.92 Å². The Morgan fingerprint density at radius 2 is 2.00 bits per heavy atom. The van der Waals surface area contributed by atoms with Gasteiger partial charge in [0.1, 0.15) is 5.69 Å². The van der Waals surface area contributed by atoms with Gasteiger partial charge >= 0.3 is 0 Å². The predicted octanol–water partition coefficient (Wildman–Crippen LogP) is 2.65. The Labute approximate surface area is 149 Å². The third kappa shape index (κ3) is 7.14. The van der Waals surface area contributed by atoms with Crippen LogP contribution in [0.5, 0.6) is 0 Å². The number of nitrogens with two attached hydrogens (primary N) is 1. The quantitative estimate of drug-likeness (QED) is 0.522. The predicted molar refractivity (Wildman–Crippen MR) is 98.5 cm³/mol. The minimum Gasteiger partial charge on any atom is -0.379 e. The van der Waals surface area contributed by atoms with Crippen molar-refractivity contribution >= 4 is 29.7 Å². The maximum atomic E-state index is 12.0. The maximum absolute atomic E-state index is 12.0. The van der Waals surface area contributed by atoms with E-state index in [-0.39, 0.29) is 36.5 Å². The monoisotopic (exact) mass is 358 g/mol. The summed E-state index contributed by atoms with van der Waals surface area (Å²) in [6.45, 7) is 5.08. The lowest BCUT2D eigenvalue weighted by atomic mass is 10.0. The summed E-state index contributed by atoms with van der Waals surface area (Å²) in [5.74, 6) is 0.380. The van der Waals surface area contributed by atoms with Gasteiger partial charge in [-0.3, -0.25) is 14.9 Å². The Kier molecular flexibility index (Phi) is 9.99. The summed E-state index contributed by atoms with van der Waals surface area (Å²) in [4.78, 5) is 24.2. The van der Waals surface area contributed by atoms with Gasteiger partial charge in [-0.15, -0.1) is 12.4 Å². The highest BCUT2D eigenvalue weighted by molar-refractivity contribution is 5.85. The first-order chi connectivity index (χ1) is 10.8. The molecule has 0 fully saturated rings. The van der Waals surface area contributed by atoms with E-state index in [4.69, 9.17) is 5.73 Å². The molecule has 1 amide bonds. The second-order valence-corrected chi connectivity index (χ2v) is 5.96. The molecular weight excluding hydrogens is 332 g/mol. The minimum absolute atomic E-state index is 0. The number of carbonyl (C=O) groups is 1. The fraction of sp³-hybridized carbons (Fsp3) is 0.562. The second kappa shape index (κ2) is 10.8. The zero-order valence-electron chi connectivity index (χ0n) is 14.4. The van der Waals surface area contributed by atoms with Gasteiger partial charge in [-0.25, -0.2) is 0 Å². The van der Waals surface area contributed by atoms with Crippen LogP contribution < -0.4 is 11.1 Å². The van der Waals surface area contributed by atoms with Crippen LogP contribution in [-0.2, 0) is 4.79 Å². The molecule has 1 aromatic carbocycles. The molecule has 0 saturated carbocycles. The Morgan fingerprint density at radius 1 is 1.38 bits per heavy atom. The number of amides is 1. The molecule has 0 aliphatic rings. The Bertz CT molecular complexity index is 540. The van der Waals surface area contributed by atoms with Crippen LogP contribution in [0.2, 0.25) is 0 Å². The summed E-state index contributed by atoms with van der Waals surface area (Å²) in [6, 6.07) is 6.48. The molecular formula is C16H27ClN4O3. The lowest BCUT2D eigenvalue weighted by Crippen LogP contribution is -2.35. The molecule has 0 bridgehead atoms. The van der Waals surface area contributed by atoms with Gasteiger partial charge in [0.2, 0.25) is 5.91 Å². The Morgan fingerprint density at radius 3 is 2.58 bits per heavy atom. The zero-order valence-corrected chi connectivity index (χ0v) is 15.2. The number of para-hydroxylation sites is 2. The summed E-state index contributed by atoms with van der Waals surface area (Å²) < 4.78 is 0. The van der Waals surface area contributed by atoms with Gasteiger partial charge in [-0.1, -0.05) is 26.0 Å². The first-order valence-corrected chi connectivity index (χ1v) is 7.79. The van der Waals surface area contributed by atoms with E-state index in [2.05, 4.69) is 19.2 Å². The molecule has 0 spiro atoms. The average molecular weight is 359 g/mol. The van der Waals surface area contributed by atoms with Crippen LogP contribution in [0.15, 0.2) is 24.3 Å². The number of anilines is 1. The fourth-order valence-electron chi connectivity index (χ4n) is 2.08. The van der Waals surface area contributed by atoms with Crippen molar-refractivity contribution in [2.75, 3.05) is 25.5 Å². The molecule has 0 aliphatic heterocycles. The van der Waals surface area contributed by atoms with Crippen LogP contribution in [-0.4, -0.2) is 41.9 Å². The lowest BCUT2D eigenvalue weighted by molar-refractivity contribution is -0.384. The largest absolute Gasteiger partial charge is 0.379 e. The molecule has 7 nitrogen and oxygen atoms in total. The van der Waals surface area contributed by atoms with Gasteiger partial charge in [0.15, 0.2) is 0 Å². The standard InChI is InChI=1S/C16H26N4O3.ClH/c1-12(2)13(17)9-11-19(3)16(21)8-10-18-14-6-4-5-7-15(14)20(22)23;/h4-7,12-13,18H,8-11,17H2,1-3H3;1H. The minimum atomic E-state index is -0.441. The van der Waals surface area contributed by atoms with Crippen molar-refractivity contribution in [2.45, 2.75) is 32.7 Å². The molecule has 1 rings (SSSR count). The maximum Gasteiger partial charge on any atom is 0.292 e. The number of halogens is 1. The van der Waals surface area contributed by atoms with Gasteiger partial charge < -0.3 is 16.0 Å². The van der Waals surface area contributed by atoms with Crippen LogP contribution in [0.25, 0.3) is 0 Å². The normalized spacial score (nSPS) is 11.5. The van der Waals surface area contributed by atoms with Crippen LogP contribution in [0.3, 0.4) is 0 Å². The van der Waals surface area contributed by atoms with Crippen molar-refractivity contribution in [3.05, 3.63) is 34.4 Å². The van der Waals surface area contributed by atoms with Gasteiger partial charge in [0, 0.05) is 38.7 Å². The number of benzene rings is 1. The molecule has 8 heteroatoms. The van der Waals surface area contributed by atoms with Gasteiger partial charge in [-0.05, 0) is 18.4 Å². The van der Waals surface area contributed by atoms with Crippen LogP contribution in [0.4, 0.5) is 11.4 Å². The number of nitrogens with one attached hydrogen (secondary N) is 1. The van der Waals surface area contributed by atoms with E-state index in [1.165, 1.54) is 6.07 Å². The van der Waals surface area contributed by atoms with Gasteiger partial charge in [-0.2, -0.15) is 0 Å². The molecule has 0 heterocycles. The molecule has 136 valence electrons. The summed E-state index contributed by atoms with van der Waals surface area (Å²) in [7, 11) is 1.75. The van der Waals surface area contributed by atoms with Gasteiger partial charge in [0.05, 0.1) is 4.92 Å². The van der Waals surface area contributed by atoms with E-state index in [1.807, 2.05) is 0 Å². The number of hydrogen-bond acceptors (Lipinski definition) is 5. The van der Waals surface area contributed by atoms with E-state index in [9.17, 15) is 14.9 Å². The van der Waals surface area contributed by atoms with Crippen molar-refractivity contribution in [3.8, 4) is 0 Å². The SMILES string of the molecule is CC(C)C(N)CCN(C)C(=O)CCNc1ccccc1[N+](=O)[O-].Cl. The van der Waals surface area contributed by atoms with Crippen LogP contribution in [0, 0.1) is 16.0 Å². The summed E-state index contributed by atoms with van der Waals surface area (Å²) >= 11 is 0. The summed E-state index contributed by atoms with van der Waals surface area (Å²) in [6.07, 6.45) is 1.04. The molecule has 3 N–H and O–H groups in total. The van der Waals surface area contributed by atoms with Crippen LogP contribution in [0.1, 0.15) is 26.7 Å². The van der Waals surface area contributed by atoms with E-state index >= 15 is 0 Å². The van der Waals surface area contributed by atoms with E-state index in [1.54, 1.807) is 30.1 Å². The topological polar surface area (TPSA) is 102 Å².